The first-order chi connectivity index (χ1) is 7.04. The maximum Gasteiger partial charge on any atom is 0.427 e. The Kier molecular flexibility index (Phi) is 4.38. The Morgan fingerprint density at radius 2 is 2.13 bits per heavy atom. The van der Waals surface area contributed by atoms with Gasteiger partial charge in [0.15, 0.2) is 5.13 Å². The van der Waals surface area contributed by atoms with E-state index in [1.54, 1.807) is 0 Å². The van der Waals surface area contributed by atoms with E-state index < -0.39 is 11.1 Å². The van der Waals surface area contributed by atoms with Gasteiger partial charge in [0.25, 0.3) is 0 Å². The molecule has 0 bridgehead atoms. The van der Waals surface area contributed by atoms with Crippen LogP contribution in [0.4, 0.5) is 18.3 Å². The van der Waals surface area contributed by atoms with Gasteiger partial charge in [0.05, 0.1) is 6.20 Å². The standard InChI is InChI=1S/C9H13F3N2S/c1-2-3-4-5-13-8-14-6-7(15-8)9(10,11)12/h6H,2-5H2,1H3,(H,13,14). The predicted molar refractivity (Wildman–Crippen MR) is 55.1 cm³/mol. The number of aromatic nitrogens is 1. The Hall–Kier alpha value is -0.780. The number of alkyl halides is 3. The normalized spacial score (nSPS) is 11.7. The van der Waals surface area contributed by atoms with E-state index in [1.807, 2.05) is 0 Å². The van der Waals surface area contributed by atoms with Crippen LogP contribution in [0.5, 0.6) is 0 Å². The van der Waals surface area contributed by atoms with Crippen LogP contribution in [0.2, 0.25) is 0 Å². The van der Waals surface area contributed by atoms with Gasteiger partial charge in [0, 0.05) is 6.54 Å². The van der Waals surface area contributed by atoms with E-state index in [0.29, 0.717) is 23.0 Å². The van der Waals surface area contributed by atoms with Crippen molar-refractivity contribution in [1.29, 1.82) is 0 Å². The van der Waals surface area contributed by atoms with Crippen LogP contribution in [0.1, 0.15) is 31.1 Å². The summed E-state index contributed by atoms with van der Waals surface area (Å²) in [4.78, 5) is 3.02. The molecule has 0 saturated heterocycles. The Bertz CT molecular complexity index is 296. The zero-order valence-corrected chi connectivity index (χ0v) is 9.21. The summed E-state index contributed by atoms with van der Waals surface area (Å²) >= 11 is 0.651. The summed E-state index contributed by atoms with van der Waals surface area (Å²) in [5, 5.41) is 3.23. The van der Waals surface area contributed by atoms with Crippen LogP contribution in [0, 0.1) is 0 Å². The van der Waals surface area contributed by atoms with Crippen LogP contribution in [0.3, 0.4) is 0 Å². The second kappa shape index (κ2) is 5.34. The minimum Gasteiger partial charge on any atom is -0.362 e. The van der Waals surface area contributed by atoms with Gasteiger partial charge in [-0.15, -0.1) is 0 Å². The summed E-state index contributed by atoms with van der Waals surface area (Å²) < 4.78 is 36.6. The van der Waals surface area contributed by atoms with E-state index in [-0.39, 0.29) is 0 Å². The Balaban J connectivity index is 2.40. The first-order valence-electron chi connectivity index (χ1n) is 4.81. The van der Waals surface area contributed by atoms with E-state index in [2.05, 4.69) is 17.2 Å². The number of halogens is 3. The summed E-state index contributed by atoms with van der Waals surface area (Å²) in [7, 11) is 0. The third-order valence-corrected chi connectivity index (χ3v) is 2.84. The largest absolute Gasteiger partial charge is 0.427 e. The van der Waals surface area contributed by atoms with Crippen LogP contribution in [0.15, 0.2) is 6.20 Å². The number of rotatable bonds is 5. The molecule has 0 unspecified atom stereocenters. The molecule has 86 valence electrons. The Labute approximate surface area is 90.5 Å². The van der Waals surface area contributed by atoms with Crippen molar-refractivity contribution in [3.8, 4) is 0 Å². The van der Waals surface area contributed by atoms with Crippen molar-refractivity contribution in [2.75, 3.05) is 11.9 Å². The number of unbranched alkanes of at least 4 members (excludes halogenated alkanes) is 2. The molecule has 1 N–H and O–H groups in total. The van der Waals surface area contributed by atoms with Crippen LogP contribution in [0.25, 0.3) is 0 Å². The molecule has 0 spiro atoms. The molecule has 0 amide bonds. The minimum absolute atomic E-state index is 0.346. The van der Waals surface area contributed by atoms with Crippen LogP contribution < -0.4 is 5.32 Å². The van der Waals surface area contributed by atoms with Crippen molar-refractivity contribution in [3.63, 3.8) is 0 Å². The first-order valence-corrected chi connectivity index (χ1v) is 5.62. The highest BCUT2D eigenvalue weighted by atomic mass is 32.1. The molecule has 15 heavy (non-hydrogen) atoms. The monoisotopic (exact) mass is 238 g/mol. The average molecular weight is 238 g/mol. The Morgan fingerprint density at radius 3 is 2.67 bits per heavy atom. The summed E-state index contributed by atoms with van der Waals surface area (Å²) in [6.45, 7) is 2.75. The lowest BCUT2D eigenvalue weighted by Gasteiger charge is -2.01. The summed E-state index contributed by atoms with van der Waals surface area (Å²) in [6.07, 6.45) is -0.289. The highest BCUT2D eigenvalue weighted by Crippen LogP contribution is 2.34. The van der Waals surface area contributed by atoms with Gasteiger partial charge in [-0.25, -0.2) is 4.98 Å². The molecule has 6 heteroatoms. The molecule has 0 aliphatic heterocycles. The van der Waals surface area contributed by atoms with Gasteiger partial charge >= 0.3 is 6.18 Å². The molecule has 1 aromatic heterocycles. The van der Waals surface area contributed by atoms with E-state index >= 15 is 0 Å². The summed E-state index contributed by atoms with van der Waals surface area (Å²) in [5.41, 5.74) is 0. The number of nitrogens with zero attached hydrogens (tertiary/aromatic N) is 1. The van der Waals surface area contributed by atoms with E-state index in [0.717, 1.165) is 25.5 Å². The van der Waals surface area contributed by atoms with Crippen molar-refractivity contribution in [1.82, 2.24) is 4.98 Å². The number of hydrogen-bond donors (Lipinski definition) is 1. The topological polar surface area (TPSA) is 24.9 Å². The van der Waals surface area contributed by atoms with Crippen LogP contribution >= 0.6 is 11.3 Å². The predicted octanol–water partition coefficient (Wildman–Crippen LogP) is 3.76. The maximum absolute atomic E-state index is 12.2. The van der Waals surface area contributed by atoms with Crippen molar-refractivity contribution in [2.24, 2.45) is 0 Å². The lowest BCUT2D eigenvalue weighted by atomic mass is 10.2. The molecular formula is C9H13F3N2S. The number of nitrogens with one attached hydrogen (secondary N) is 1. The second-order valence-electron chi connectivity index (χ2n) is 3.16. The van der Waals surface area contributed by atoms with Gasteiger partial charge in [0.1, 0.15) is 4.88 Å². The maximum atomic E-state index is 12.2. The SMILES string of the molecule is CCCCCNc1ncc(C(F)(F)F)s1. The van der Waals surface area contributed by atoms with Crippen molar-refractivity contribution >= 4 is 16.5 Å². The smallest absolute Gasteiger partial charge is 0.362 e. The fraction of sp³-hybridized carbons (Fsp3) is 0.667. The summed E-state index contributed by atoms with van der Waals surface area (Å²) in [5.74, 6) is 0. The molecule has 0 radical (unpaired) electrons. The highest BCUT2D eigenvalue weighted by molar-refractivity contribution is 7.15. The Morgan fingerprint density at radius 1 is 1.40 bits per heavy atom. The zero-order valence-electron chi connectivity index (χ0n) is 8.40. The van der Waals surface area contributed by atoms with Crippen LogP contribution in [-0.4, -0.2) is 11.5 Å². The quantitative estimate of drug-likeness (QED) is 0.790. The molecule has 1 heterocycles. The zero-order chi connectivity index (χ0) is 11.3. The fourth-order valence-electron chi connectivity index (χ4n) is 1.06. The molecule has 1 aromatic rings. The molecule has 0 saturated carbocycles. The molecule has 0 atom stereocenters. The van der Waals surface area contributed by atoms with Gasteiger partial charge in [-0.3, -0.25) is 0 Å². The van der Waals surface area contributed by atoms with Gasteiger partial charge in [-0.1, -0.05) is 31.1 Å². The van der Waals surface area contributed by atoms with Crippen molar-refractivity contribution in [2.45, 2.75) is 32.4 Å². The van der Waals surface area contributed by atoms with E-state index in [9.17, 15) is 13.2 Å². The van der Waals surface area contributed by atoms with E-state index in [4.69, 9.17) is 0 Å². The van der Waals surface area contributed by atoms with Gasteiger partial charge in [-0.05, 0) is 6.42 Å². The molecule has 0 aliphatic carbocycles. The average Bonchev–Trinajstić information content (AvgIpc) is 2.60. The number of hydrogen-bond acceptors (Lipinski definition) is 3. The molecule has 0 fully saturated rings. The van der Waals surface area contributed by atoms with Gasteiger partial charge in [-0.2, -0.15) is 13.2 Å². The third kappa shape index (κ3) is 4.07. The second-order valence-corrected chi connectivity index (χ2v) is 4.19. The van der Waals surface area contributed by atoms with Crippen molar-refractivity contribution in [3.05, 3.63) is 11.1 Å². The molecule has 1 rings (SSSR count). The minimum atomic E-state index is -4.28. The first kappa shape index (κ1) is 12.3. The van der Waals surface area contributed by atoms with Crippen LogP contribution in [-0.2, 0) is 6.18 Å². The molecule has 0 aromatic carbocycles. The molecule has 2 nitrogen and oxygen atoms in total. The number of thiazole rings is 1. The summed E-state index contributed by atoms with van der Waals surface area (Å²) in [6, 6.07) is 0. The van der Waals surface area contributed by atoms with Gasteiger partial charge < -0.3 is 5.32 Å². The van der Waals surface area contributed by atoms with Gasteiger partial charge in [0.2, 0.25) is 0 Å². The molecule has 0 aliphatic rings. The number of anilines is 1. The van der Waals surface area contributed by atoms with Crippen molar-refractivity contribution < 1.29 is 13.2 Å². The lowest BCUT2D eigenvalue weighted by Crippen LogP contribution is -2.01. The highest BCUT2D eigenvalue weighted by Gasteiger charge is 2.33. The molecular weight excluding hydrogens is 225 g/mol. The fourth-order valence-corrected chi connectivity index (χ4v) is 1.77. The lowest BCUT2D eigenvalue weighted by molar-refractivity contribution is -0.134. The third-order valence-electron chi connectivity index (χ3n) is 1.84. The van der Waals surface area contributed by atoms with E-state index in [1.165, 1.54) is 0 Å².